The van der Waals surface area contributed by atoms with Crippen molar-refractivity contribution in [1.82, 2.24) is 0 Å². The summed E-state index contributed by atoms with van der Waals surface area (Å²) in [5.41, 5.74) is 2.09. The Morgan fingerprint density at radius 3 is 2.55 bits per heavy atom. The van der Waals surface area contributed by atoms with Gasteiger partial charge in [0.2, 0.25) is 10.0 Å². The van der Waals surface area contributed by atoms with E-state index in [9.17, 15) is 27.1 Å². The fourth-order valence-electron chi connectivity index (χ4n) is 3.60. The maximum absolute atomic E-state index is 14.1. The summed E-state index contributed by atoms with van der Waals surface area (Å²) in [6.45, 7) is 0.296. The molecule has 3 aromatic carbocycles. The van der Waals surface area contributed by atoms with Crippen LogP contribution in [0.4, 0.5) is 20.2 Å². The third-order valence-corrected chi connectivity index (χ3v) is 5.63. The number of benzene rings is 3. The van der Waals surface area contributed by atoms with Crippen LogP contribution in [0.2, 0.25) is 0 Å². The van der Waals surface area contributed by atoms with Gasteiger partial charge >= 0.3 is 0 Å². The van der Waals surface area contributed by atoms with E-state index >= 15 is 0 Å². The summed E-state index contributed by atoms with van der Waals surface area (Å²) < 4.78 is 53.0. The minimum atomic E-state index is -3.62. The van der Waals surface area contributed by atoms with E-state index in [2.05, 4.69) is 4.72 Å². The molecule has 0 fully saturated rings. The lowest BCUT2D eigenvalue weighted by atomic mass is 9.93. The largest absolute Gasteiger partial charge is 0.506 e. The zero-order chi connectivity index (χ0) is 22.3. The summed E-state index contributed by atoms with van der Waals surface area (Å²) in [4.78, 5) is 14.5. The quantitative estimate of drug-likeness (QED) is 0.598. The van der Waals surface area contributed by atoms with Crippen molar-refractivity contribution < 1.29 is 27.1 Å². The number of carbonyl (C=O) groups excluding carboxylic acids is 1. The Morgan fingerprint density at radius 1 is 1.03 bits per heavy atom. The lowest BCUT2D eigenvalue weighted by Crippen LogP contribution is -2.37. The SMILES string of the molecule is CS(=O)(=O)Nc1cc(N2CCc3cc(-c4cccc(F)c4F)ccc3C2=O)ccc1O. The summed E-state index contributed by atoms with van der Waals surface area (Å²) in [6.07, 6.45) is 1.42. The molecule has 160 valence electrons. The first-order valence-electron chi connectivity index (χ1n) is 9.34. The highest BCUT2D eigenvalue weighted by Crippen LogP contribution is 2.33. The molecule has 9 heteroatoms. The van der Waals surface area contributed by atoms with Crippen molar-refractivity contribution in [3.63, 3.8) is 0 Å². The van der Waals surface area contributed by atoms with Gasteiger partial charge in [0.1, 0.15) is 5.75 Å². The number of aromatic hydroxyl groups is 1. The number of hydrogen-bond donors (Lipinski definition) is 2. The van der Waals surface area contributed by atoms with Gasteiger partial charge in [0.15, 0.2) is 11.6 Å². The van der Waals surface area contributed by atoms with E-state index in [4.69, 9.17) is 0 Å². The minimum absolute atomic E-state index is 0.0319. The maximum Gasteiger partial charge on any atom is 0.258 e. The van der Waals surface area contributed by atoms with Gasteiger partial charge < -0.3 is 10.0 Å². The average molecular weight is 444 g/mol. The number of fused-ring (bicyclic) bond motifs is 1. The molecule has 0 spiro atoms. The van der Waals surface area contributed by atoms with Gasteiger partial charge in [-0.2, -0.15) is 0 Å². The van der Waals surface area contributed by atoms with Crippen molar-refractivity contribution >= 4 is 27.3 Å². The summed E-state index contributed by atoms with van der Waals surface area (Å²) in [6, 6.07) is 13.0. The first kappa shape index (κ1) is 20.8. The van der Waals surface area contributed by atoms with Crippen LogP contribution in [0.15, 0.2) is 54.6 Å². The second kappa shape index (κ2) is 7.66. The first-order valence-corrected chi connectivity index (χ1v) is 11.2. The van der Waals surface area contributed by atoms with Gasteiger partial charge in [-0.15, -0.1) is 0 Å². The lowest BCUT2D eigenvalue weighted by molar-refractivity contribution is 0.0980. The monoisotopic (exact) mass is 444 g/mol. The molecule has 4 rings (SSSR count). The van der Waals surface area contributed by atoms with Gasteiger partial charge in [0.25, 0.3) is 5.91 Å². The fourth-order valence-corrected chi connectivity index (χ4v) is 4.17. The Labute approximate surface area is 177 Å². The molecule has 1 amide bonds. The van der Waals surface area contributed by atoms with Crippen LogP contribution >= 0.6 is 0 Å². The van der Waals surface area contributed by atoms with Gasteiger partial charge in [-0.25, -0.2) is 17.2 Å². The van der Waals surface area contributed by atoms with E-state index in [0.717, 1.165) is 12.3 Å². The van der Waals surface area contributed by atoms with Gasteiger partial charge in [-0.05, 0) is 47.9 Å². The Morgan fingerprint density at radius 2 is 1.81 bits per heavy atom. The molecule has 6 nitrogen and oxygen atoms in total. The van der Waals surface area contributed by atoms with E-state index in [1.807, 2.05) is 0 Å². The van der Waals surface area contributed by atoms with Crippen molar-refractivity contribution in [3.8, 4) is 16.9 Å². The normalized spacial score (nSPS) is 13.8. The van der Waals surface area contributed by atoms with Crippen LogP contribution in [-0.4, -0.2) is 32.2 Å². The predicted octanol–water partition coefficient (Wildman–Crippen LogP) is 3.91. The molecular formula is C22H18F2N2O4S. The van der Waals surface area contributed by atoms with Crippen LogP contribution in [0.1, 0.15) is 15.9 Å². The molecule has 31 heavy (non-hydrogen) atoms. The fraction of sp³-hybridized carbons (Fsp3) is 0.136. The zero-order valence-electron chi connectivity index (χ0n) is 16.4. The van der Waals surface area contributed by atoms with Gasteiger partial charge in [-0.3, -0.25) is 9.52 Å². The Hall–Kier alpha value is -3.46. The molecule has 0 saturated heterocycles. The number of nitrogens with one attached hydrogen (secondary N) is 1. The van der Waals surface area contributed by atoms with E-state index in [-0.39, 0.29) is 22.9 Å². The van der Waals surface area contributed by atoms with E-state index < -0.39 is 21.7 Å². The summed E-state index contributed by atoms with van der Waals surface area (Å²) in [7, 11) is -3.62. The highest BCUT2D eigenvalue weighted by molar-refractivity contribution is 7.92. The van der Waals surface area contributed by atoms with E-state index in [1.54, 1.807) is 18.2 Å². The van der Waals surface area contributed by atoms with Crippen LogP contribution in [-0.2, 0) is 16.4 Å². The number of anilines is 2. The molecule has 3 aromatic rings. The minimum Gasteiger partial charge on any atom is -0.506 e. The maximum atomic E-state index is 14.1. The molecule has 1 heterocycles. The van der Waals surface area contributed by atoms with Crippen LogP contribution in [0, 0.1) is 11.6 Å². The Bertz CT molecular complexity index is 1310. The molecule has 0 aliphatic carbocycles. The van der Waals surface area contributed by atoms with Gasteiger partial charge in [-0.1, -0.05) is 24.3 Å². The molecule has 0 saturated carbocycles. The number of rotatable bonds is 4. The molecule has 0 radical (unpaired) electrons. The number of sulfonamides is 1. The summed E-state index contributed by atoms with van der Waals surface area (Å²) in [5.74, 6) is -2.46. The molecule has 1 aliphatic rings. The zero-order valence-corrected chi connectivity index (χ0v) is 17.2. The third kappa shape index (κ3) is 4.09. The van der Waals surface area contributed by atoms with E-state index in [1.165, 1.54) is 35.2 Å². The molecule has 0 atom stereocenters. The summed E-state index contributed by atoms with van der Waals surface area (Å²) in [5, 5.41) is 9.91. The number of nitrogens with zero attached hydrogens (tertiary/aromatic N) is 1. The Balaban J connectivity index is 1.67. The van der Waals surface area contributed by atoms with Crippen molar-refractivity contribution in [1.29, 1.82) is 0 Å². The van der Waals surface area contributed by atoms with Crippen molar-refractivity contribution in [2.75, 3.05) is 22.4 Å². The molecule has 1 aliphatic heterocycles. The van der Waals surface area contributed by atoms with Crippen LogP contribution in [0.5, 0.6) is 5.75 Å². The van der Waals surface area contributed by atoms with E-state index in [0.29, 0.717) is 35.3 Å². The number of phenolic OH excluding ortho intramolecular Hbond substituents is 1. The van der Waals surface area contributed by atoms with Crippen LogP contribution < -0.4 is 9.62 Å². The third-order valence-electron chi connectivity index (χ3n) is 5.04. The smallest absolute Gasteiger partial charge is 0.258 e. The van der Waals surface area contributed by atoms with Gasteiger partial charge in [0, 0.05) is 23.4 Å². The topological polar surface area (TPSA) is 86.7 Å². The highest BCUT2D eigenvalue weighted by Gasteiger charge is 2.27. The number of amides is 1. The molecule has 0 unspecified atom stereocenters. The molecule has 2 N–H and O–H groups in total. The highest BCUT2D eigenvalue weighted by atomic mass is 32.2. The number of phenols is 1. The lowest BCUT2D eigenvalue weighted by Gasteiger charge is -2.29. The second-order valence-electron chi connectivity index (χ2n) is 7.26. The second-order valence-corrected chi connectivity index (χ2v) is 9.00. The standard InChI is InChI=1S/C22H18F2N2O4S/c1-31(29,30)25-19-12-15(6-8-20(19)27)26-10-9-14-11-13(5-7-17(14)22(26)28)16-3-2-4-18(23)21(16)24/h2-8,11-12,25,27H,9-10H2,1H3. The van der Waals surface area contributed by atoms with Crippen LogP contribution in [0.25, 0.3) is 11.1 Å². The Kier molecular flexibility index (Phi) is 5.14. The molecule has 0 aromatic heterocycles. The number of hydrogen-bond acceptors (Lipinski definition) is 4. The summed E-state index contributed by atoms with van der Waals surface area (Å²) >= 11 is 0. The van der Waals surface area contributed by atoms with Crippen molar-refractivity contribution in [2.24, 2.45) is 0 Å². The number of carbonyl (C=O) groups is 1. The van der Waals surface area contributed by atoms with Crippen molar-refractivity contribution in [3.05, 3.63) is 77.4 Å². The molecular weight excluding hydrogens is 426 g/mol. The molecule has 0 bridgehead atoms. The number of halogens is 2. The van der Waals surface area contributed by atoms with Gasteiger partial charge in [0.05, 0.1) is 11.9 Å². The van der Waals surface area contributed by atoms with Crippen molar-refractivity contribution in [2.45, 2.75) is 6.42 Å². The van der Waals surface area contributed by atoms with Crippen LogP contribution in [0.3, 0.4) is 0 Å². The average Bonchev–Trinajstić information content (AvgIpc) is 2.71. The predicted molar refractivity (Wildman–Crippen MR) is 114 cm³/mol. The first-order chi connectivity index (χ1) is 14.6.